The summed E-state index contributed by atoms with van der Waals surface area (Å²) in [6, 6.07) is 8.18. The topological polar surface area (TPSA) is 73.3 Å². The average molecular weight is 258 g/mol. The van der Waals surface area contributed by atoms with Crippen molar-refractivity contribution in [2.75, 3.05) is 0 Å². The zero-order valence-electron chi connectivity index (χ0n) is 7.07. The lowest BCUT2D eigenvalue weighted by atomic mass is 10.3. The number of aromatic amines is 1. The normalized spacial score (nSPS) is 9.21. The first-order chi connectivity index (χ1) is 6.61. The first-order valence-electron chi connectivity index (χ1n) is 3.75. The van der Waals surface area contributed by atoms with Gasteiger partial charge in [-0.05, 0) is 22.0 Å². The molecule has 1 heterocycles. The van der Waals surface area contributed by atoms with Crippen LogP contribution in [-0.4, -0.2) is 21.4 Å². The van der Waals surface area contributed by atoms with Crippen molar-refractivity contribution < 1.29 is 15.0 Å². The molecular formula is C9H8BrNO3. The monoisotopic (exact) mass is 257 g/mol. The van der Waals surface area contributed by atoms with Gasteiger partial charge >= 0.3 is 6.16 Å². The van der Waals surface area contributed by atoms with Crippen molar-refractivity contribution in [3.63, 3.8) is 0 Å². The number of fused-ring (bicyclic) bond motifs is 1. The molecule has 0 saturated carbocycles. The van der Waals surface area contributed by atoms with Crippen LogP contribution in [0.1, 0.15) is 0 Å². The van der Waals surface area contributed by atoms with E-state index in [0.29, 0.717) is 0 Å². The quantitative estimate of drug-likeness (QED) is 0.679. The fourth-order valence-corrected chi connectivity index (χ4v) is 1.50. The maximum Gasteiger partial charge on any atom is 0.503 e. The van der Waals surface area contributed by atoms with Crippen molar-refractivity contribution in [1.29, 1.82) is 0 Å². The van der Waals surface area contributed by atoms with E-state index in [4.69, 9.17) is 15.0 Å². The van der Waals surface area contributed by atoms with Crippen LogP contribution in [0.3, 0.4) is 0 Å². The Morgan fingerprint density at radius 3 is 2.43 bits per heavy atom. The minimum atomic E-state index is -1.83. The number of halogens is 1. The molecule has 74 valence electrons. The Morgan fingerprint density at radius 2 is 1.86 bits per heavy atom. The van der Waals surface area contributed by atoms with Crippen molar-refractivity contribution in [2.24, 2.45) is 0 Å². The molecule has 0 radical (unpaired) electrons. The molecule has 0 aliphatic heterocycles. The van der Waals surface area contributed by atoms with Gasteiger partial charge in [0.05, 0.1) is 0 Å². The highest BCUT2D eigenvalue weighted by molar-refractivity contribution is 9.10. The van der Waals surface area contributed by atoms with Gasteiger partial charge < -0.3 is 15.2 Å². The third-order valence-corrected chi connectivity index (χ3v) is 2.19. The Balaban J connectivity index is 0.000000213. The number of nitrogens with one attached hydrogen (secondary N) is 1. The highest BCUT2D eigenvalue weighted by atomic mass is 79.9. The lowest BCUT2D eigenvalue weighted by molar-refractivity contribution is 0.137. The number of aromatic nitrogens is 1. The number of H-pyrrole nitrogens is 1. The lowest BCUT2D eigenvalue weighted by Crippen LogP contribution is -1.81. The second kappa shape index (κ2) is 4.66. The summed E-state index contributed by atoms with van der Waals surface area (Å²) in [4.78, 5) is 11.7. The predicted octanol–water partition coefficient (Wildman–Crippen LogP) is 3.15. The lowest BCUT2D eigenvalue weighted by Gasteiger charge is -1.85. The van der Waals surface area contributed by atoms with Crippen molar-refractivity contribution >= 4 is 33.0 Å². The molecule has 1 aromatic carbocycles. The van der Waals surface area contributed by atoms with Gasteiger partial charge in [0.25, 0.3) is 0 Å². The van der Waals surface area contributed by atoms with E-state index in [-0.39, 0.29) is 0 Å². The first-order valence-corrected chi connectivity index (χ1v) is 4.54. The minimum absolute atomic E-state index is 1.13. The Morgan fingerprint density at radius 1 is 1.29 bits per heavy atom. The molecule has 0 aliphatic carbocycles. The molecule has 2 aromatic rings. The van der Waals surface area contributed by atoms with Gasteiger partial charge in [-0.3, -0.25) is 0 Å². The summed E-state index contributed by atoms with van der Waals surface area (Å²) < 4.78 is 1.13. The van der Waals surface area contributed by atoms with Gasteiger partial charge in [0.2, 0.25) is 0 Å². The number of carbonyl (C=O) groups is 1. The van der Waals surface area contributed by atoms with Gasteiger partial charge in [-0.2, -0.15) is 0 Å². The zero-order chi connectivity index (χ0) is 10.6. The van der Waals surface area contributed by atoms with Crippen molar-refractivity contribution in [1.82, 2.24) is 4.98 Å². The molecule has 1 aromatic heterocycles. The van der Waals surface area contributed by atoms with E-state index in [1.54, 1.807) is 0 Å². The van der Waals surface area contributed by atoms with Gasteiger partial charge in [-0.1, -0.05) is 18.2 Å². The molecule has 4 nitrogen and oxygen atoms in total. The average Bonchev–Trinajstić information content (AvgIpc) is 2.48. The standard InChI is InChI=1S/C8H6BrN.CH2O3/c9-7-5-10-8-4-2-1-3-6(7)8;2-1(3)4/h1-5,10H;(H2,2,3,4). The van der Waals surface area contributed by atoms with Crippen LogP contribution in [0, 0.1) is 0 Å². The van der Waals surface area contributed by atoms with Crippen LogP contribution in [-0.2, 0) is 0 Å². The molecule has 0 amide bonds. The van der Waals surface area contributed by atoms with E-state index in [1.165, 1.54) is 10.9 Å². The van der Waals surface area contributed by atoms with Gasteiger partial charge in [0.15, 0.2) is 0 Å². The van der Waals surface area contributed by atoms with E-state index in [2.05, 4.69) is 33.0 Å². The molecule has 2 rings (SSSR count). The van der Waals surface area contributed by atoms with Crippen LogP contribution in [0.15, 0.2) is 34.9 Å². The highest BCUT2D eigenvalue weighted by Gasteiger charge is 1.96. The number of para-hydroxylation sites is 1. The second-order valence-electron chi connectivity index (χ2n) is 2.46. The van der Waals surface area contributed by atoms with E-state index in [1.807, 2.05) is 18.3 Å². The fraction of sp³-hybridized carbons (Fsp3) is 0. The first kappa shape index (κ1) is 10.6. The molecule has 0 saturated heterocycles. The molecule has 14 heavy (non-hydrogen) atoms. The predicted molar refractivity (Wildman–Crippen MR) is 56.7 cm³/mol. The number of hydrogen-bond donors (Lipinski definition) is 3. The summed E-state index contributed by atoms with van der Waals surface area (Å²) in [6.07, 6.45) is 0.116. The van der Waals surface area contributed by atoms with Gasteiger partial charge in [-0.25, -0.2) is 4.79 Å². The molecule has 0 spiro atoms. The van der Waals surface area contributed by atoms with E-state index in [0.717, 1.165) is 4.47 Å². The summed E-state index contributed by atoms with van der Waals surface area (Å²) in [5, 5.41) is 15.2. The Labute approximate surface area is 88.3 Å². The van der Waals surface area contributed by atoms with Gasteiger partial charge in [-0.15, -0.1) is 0 Å². The molecule has 0 aliphatic rings. The third kappa shape index (κ3) is 2.77. The van der Waals surface area contributed by atoms with Crippen LogP contribution in [0.4, 0.5) is 4.79 Å². The number of benzene rings is 1. The van der Waals surface area contributed by atoms with Crippen LogP contribution < -0.4 is 0 Å². The van der Waals surface area contributed by atoms with Crippen LogP contribution in [0.25, 0.3) is 10.9 Å². The van der Waals surface area contributed by atoms with E-state index >= 15 is 0 Å². The largest absolute Gasteiger partial charge is 0.503 e. The fourth-order valence-electron chi connectivity index (χ4n) is 1.04. The van der Waals surface area contributed by atoms with Crippen LogP contribution in [0.2, 0.25) is 0 Å². The van der Waals surface area contributed by atoms with Crippen molar-refractivity contribution in [2.45, 2.75) is 0 Å². The summed E-state index contributed by atoms with van der Waals surface area (Å²) in [5.74, 6) is 0. The summed E-state index contributed by atoms with van der Waals surface area (Å²) in [5.41, 5.74) is 1.18. The van der Waals surface area contributed by atoms with Crippen LogP contribution in [0.5, 0.6) is 0 Å². The van der Waals surface area contributed by atoms with Gasteiger partial charge in [0.1, 0.15) is 0 Å². The zero-order valence-corrected chi connectivity index (χ0v) is 8.65. The van der Waals surface area contributed by atoms with Crippen LogP contribution >= 0.6 is 15.9 Å². The second-order valence-corrected chi connectivity index (χ2v) is 3.32. The molecule has 0 atom stereocenters. The van der Waals surface area contributed by atoms with Gasteiger partial charge in [0, 0.05) is 21.6 Å². The number of hydrogen-bond acceptors (Lipinski definition) is 1. The van der Waals surface area contributed by atoms with E-state index < -0.39 is 6.16 Å². The molecular weight excluding hydrogens is 250 g/mol. The van der Waals surface area contributed by atoms with E-state index in [9.17, 15) is 0 Å². The third-order valence-electron chi connectivity index (χ3n) is 1.54. The molecule has 0 fully saturated rings. The molecule has 5 heteroatoms. The Bertz CT molecular complexity index is 434. The smallest absolute Gasteiger partial charge is 0.450 e. The van der Waals surface area contributed by atoms with Crippen molar-refractivity contribution in [3.8, 4) is 0 Å². The minimum Gasteiger partial charge on any atom is -0.450 e. The maximum absolute atomic E-state index is 8.56. The Hall–Kier alpha value is -1.49. The number of rotatable bonds is 0. The Kier molecular flexibility index (Phi) is 3.53. The van der Waals surface area contributed by atoms with Crippen molar-refractivity contribution in [3.05, 3.63) is 34.9 Å². The summed E-state index contributed by atoms with van der Waals surface area (Å²) >= 11 is 3.44. The molecule has 0 unspecified atom stereocenters. The maximum atomic E-state index is 8.56. The molecule has 3 N–H and O–H groups in total. The number of carboxylic acid groups (broad SMARTS) is 2. The summed E-state index contributed by atoms with van der Waals surface area (Å²) in [7, 11) is 0. The SMILES string of the molecule is Brc1c[nH]c2ccccc12.O=C(O)O. The summed E-state index contributed by atoms with van der Waals surface area (Å²) in [6.45, 7) is 0. The highest BCUT2D eigenvalue weighted by Crippen LogP contribution is 2.22. The molecule has 0 bridgehead atoms.